The normalized spacial score (nSPS) is 11.5. The van der Waals surface area contributed by atoms with Crippen molar-refractivity contribution < 1.29 is 17.5 Å². The van der Waals surface area contributed by atoms with Crippen molar-refractivity contribution in [2.24, 2.45) is 5.73 Å². The molecule has 0 saturated carbocycles. The number of ether oxygens (including phenoxy) is 1. The second kappa shape index (κ2) is 7.63. The first kappa shape index (κ1) is 17.0. The van der Waals surface area contributed by atoms with Crippen LogP contribution in [0.5, 0.6) is 0 Å². The molecule has 1 aromatic rings. The van der Waals surface area contributed by atoms with Crippen molar-refractivity contribution in [3.8, 4) is 0 Å². The Morgan fingerprint density at radius 2 is 2.20 bits per heavy atom. The molecule has 3 N–H and O–H groups in total. The predicted molar refractivity (Wildman–Crippen MR) is 78.6 cm³/mol. The highest BCUT2D eigenvalue weighted by atomic mass is 32.2. The SMILES string of the molecule is CCOCCCNS(=O)(=O)c1ccc(F)c(C(N)=S)c1. The zero-order chi connectivity index (χ0) is 15.2. The molecule has 5 nitrogen and oxygen atoms in total. The molecule has 20 heavy (non-hydrogen) atoms. The summed E-state index contributed by atoms with van der Waals surface area (Å²) in [7, 11) is -3.71. The van der Waals surface area contributed by atoms with Crippen LogP contribution in [-0.2, 0) is 14.8 Å². The fraction of sp³-hybridized carbons (Fsp3) is 0.417. The monoisotopic (exact) mass is 320 g/mol. The summed E-state index contributed by atoms with van der Waals surface area (Å²) < 4.78 is 44.9. The van der Waals surface area contributed by atoms with Crippen LogP contribution in [0.15, 0.2) is 23.1 Å². The molecule has 0 bridgehead atoms. The zero-order valence-corrected chi connectivity index (χ0v) is 12.7. The van der Waals surface area contributed by atoms with Gasteiger partial charge in [0.05, 0.1) is 4.90 Å². The average molecular weight is 320 g/mol. The highest BCUT2D eigenvalue weighted by Crippen LogP contribution is 2.15. The van der Waals surface area contributed by atoms with Crippen LogP contribution in [-0.4, -0.2) is 33.2 Å². The van der Waals surface area contributed by atoms with E-state index in [4.69, 9.17) is 10.5 Å². The number of hydrogen-bond donors (Lipinski definition) is 2. The van der Waals surface area contributed by atoms with E-state index in [0.717, 1.165) is 12.1 Å². The number of nitrogens with one attached hydrogen (secondary N) is 1. The van der Waals surface area contributed by atoms with Crippen molar-refractivity contribution in [3.05, 3.63) is 29.6 Å². The molecule has 0 atom stereocenters. The Kier molecular flexibility index (Phi) is 6.47. The molecule has 8 heteroatoms. The maximum Gasteiger partial charge on any atom is 0.240 e. The largest absolute Gasteiger partial charge is 0.389 e. The predicted octanol–water partition coefficient (Wildman–Crippen LogP) is 1.16. The molecular weight excluding hydrogens is 303 g/mol. The summed E-state index contributed by atoms with van der Waals surface area (Å²) in [5.74, 6) is -0.646. The molecular formula is C12H17FN2O3S2. The van der Waals surface area contributed by atoms with E-state index in [2.05, 4.69) is 16.9 Å². The smallest absolute Gasteiger partial charge is 0.240 e. The van der Waals surface area contributed by atoms with E-state index < -0.39 is 15.8 Å². The number of benzene rings is 1. The molecule has 1 rings (SSSR count). The number of sulfonamides is 1. The van der Waals surface area contributed by atoms with Gasteiger partial charge in [0.25, 0.3) is 0 Å². The van der Waals surface area contributed by atoms with Gasteiger partial charge in [-0.3, -0.25) is 0 Å². The summed E-state index contributed by atoms with van der Waals surface area (Å²) in [6, 6.07) is 3.33. The minimum atomic E-state index is -3.71. The highest BCUT2D eigenvalue weighted by Gasteiger charge is 2.16. The van der Waals surface area contributed by atoms with Crippen molar-refractivity contribution in [2.45, 2.75) is 18.2 Å². The van der Waals surface area contributed by atoms with Gasteiger partial charge in [0.1, 0.15) is 10.8 Å². The van der Waals surface area contributed by atoms with Gasteiger partial charge in [-0.25, -0.2) is 17.5 Å². The molecule has 0 aliphatic heterocycles. The number of halogens is 1. The fourth-order valence-corrected chi connectivity index (χ4v) is 2.73. The Morgan fingerprint density at radius 3 is 2.80 bits per heavy atom. The minimum Gasteiger partial charge on any atom is -0.389 e. The lowest BCUT2D eigenvalue weighted by molar-refractivity contribution is 0.146. The van der Waals surface area contributed by atoms with E-state index in [1.807, 2.05) is 6.92 Å². The van der Waals surface area contributed by atoms with Gasteiger partial charge in [-0.1, -0.05) is 12.2 Å². The van der Waals surface area contributed by atoms with E-state index in [-0.39, 0.29) is 22.0 Å². The van der Waals surface area contributed by atoms with E-state index in [0.29, 0.717) is 19.6 Å². The van der Waals surface area contributed by atoms with Gasteiger partial charge in [-0.2, -0.15) is 0 Å². The van der Waals surface area contributed by atoms with Gasteiger partial charge in [0, 0.05) is 25.3 Å². The lowest BCUT2D eigenvalue weighted by Gasteiger charge is -2.08. The minimum absolute atomic E-state index is 0.0712. The lowest BCUT2D eigenvalue weighted by Crippen LogP contribution is -2.26. The number of thiocarbonyl (C=S) groups is 1. The van der Waals surface area contributed by atoms with Gasteiger partial charge in [-0.15, -0.1) is 0 Å². The molecule has 0 radical (unpaired) electrons. The van der Waals surface area contributed by atoms with Gasteiger partial charge in [-0.05, 0) is 31.5 Å². The lowest BCUT2D eigenvalue weighted by atomic mass is 10.2. The van der Waals surface area contributed by atoms with Gasteiger partial charge in [0.15, 0.2) is 0 Å². The number of rotatable bonds is 8. The van der Waals surface area contributed by atoms with Crippen LogP contribution in [0.3, 0.4) is 0 Å². The van der Waals surface area contributed by atoms with Gasteiger partial charge >= 0.3 is 0 Å². The van der Waals surface area contributed by atoms with Crippen LogP contribution < -0.4 is 10.5 Å². The maximum absolute atomic E-state index is 13.4. The summed E-state index contributed by atoms with van der Waals surface area (Å²) in [4.78, 5) is -0.256. The Bertz CT molecular complexity index is 576. The van der Waals surface area contributed by atoms with Crippen molar-refractivity contribution in [1.29, 1.82) is 0 Å². The molecule has 0 spiro atoms. The summed E-state index contributed by atoms with van der Waals surface area (Å²) >= 11 is 4.67. The molecule has 0 aromatic heterocycles. The fourth-order valence-electron chi connectivity index (χ4n) is 1.47. The van der Waals surface area contributed by atoms with E-state index in [1.54, 1.807) is 0 Å². The van der Waals surface area contributed by atoms with E-state index in [1.165, 1.54) is 6.07 Å². The second-order valence-electron chi connectivity index (χ2n) is 3.95. The average Bonchev–Trinajstić information content (AvgIpc) is 2.38. The molecule has 0 aliphatic rings. The Labute approximate surface area is 123 Å². The molecule has 0 heterocycles. The third kappa shape index (κ3) is 4.78. The topological polar surface area (TPSA) is 81.4 Å². The maximum atomic E-state index is 13.4. The van der Waals surface area contributed by atoms with Crippen molar-refractivity contribution in [2.75, 3.05) is 19.8 Å². The molecule has 1 aromatic carbocycles. The van der Waals surface area contributed by atoms with Crippen LogP contribution in [0.25, 0.3) is 0 Å². The summed E-state index contributed by atoms with van der Waals surface area (Å²) in [5.41, 5.74) is 5.26. The standard InChI is InChI=1S/C12H17FN2O3S2/c1-2-18-7-3-6-15-20(16,17)9-4-5-11(13)10(8-9)12(14)19/h4-5,8,15H,2-3,6-7H2,1H3,(H2,14,19). The van der Waals surface area contributed by atoms with Crippen molar-refractivity contribution in [3.63, 3.8) is 0 Å². The Hall–Kier alpha value is -1.09. The Balaban J connectivity index is 2.77. The first-order chi connectivity index (χ1) is 9.38. The molecule has 0 saturated heterocycles. The van der Waals surface area contributed by atoms with Crippen LogP contribution in [0.1, 0.15) is 18.9 Å². The van der Waals surface area contributed by atoms with Crippen LogP contribution in [0.4, 0.5) is 4.39 Å². The molecule has 0 aliphatic carbocycles. The molecule has 0 unspecified atom stereocenters. The first-order valence-corrected chi connectivity index (χ1v) is 7.94. The summed E-state index contributed by atoms with van der Waals surface area (Å²) in [5, 5.41) is 0. The number of nitrogens with two attached hydrogens (primary N) is 1. The first-order valence-electron chi connectivity index (χ1n) is 6.05. The quantitative estimate of drug-likeness (QED) is 0.555. The third-order valence-electron chi connectivity index (χ3n) is 2.48. The van der Waals surface area contributed by atoms with Gasteiger partial charge < -0.3 is 10.5 Å². The summed E-state index contributed by atoms with van der Waals surface area (Å²) in [6.07, 6.45) is 0.552. The Morgan fingerprint density at radius 1 is 1.50 bits per heavy atom. The van der Waals surface area contributed by atoms with Crippen LogP contribution in [0, 0.1) is 5.82 Å². The molecule has 0 amide bonds. The number of hydrogen-bond acceptors (Lipinski definition) is 4. The third-order valence-corrected chi connectivity index (χ3v) is 4.15. The molecule has 0 fully saturated rings. The summed E-state index contributed by atoms with van der Waals surface area (Å²) in [6.45, 7) is 3.16. The zero-order valence-electron chi connectivity index (χ0n) is 11.1. The van der Waals surface area contributed by atoms with E-state index >= 15 is 0 Å². The van der Waals surface area contributed by atoms with Crippen LogP contribution >= 0.6 is 12.2 Å². The second-order valence-corrected chi connectivity index (χ2v) is 6.16. The highest BCUT2D eigenvalue weighted by molar-refractivity contribution is 7.89. The van der Waals surface area contributed by atoms with Gasteiger partial charge in [0.2, 0.25) is 10.0 Å². The molecule has 112 valence electrons. The van der Waals surface area contributed by atoms with Crippen LogP contribution in [0.2, 0.25) is 0 Å². The van der Waals surface area contributed by atoms with Crippen molar-refractivity contribution >= 4 is 27.2 Å². The van der Waals surface area contributed by atoms with E-state index in [9.17, 15) is 12.8 Å². The van der Waals surface area contributed by atoms with Crippen molar-refractivity contribution in [1.82, 2.24) is 4.72 Å².